The van der Waals surface area contributed by atoms with Gasteiger partial charge in [0.1, 0.15) is 5.58 Å². The monoisotopic (exact) mass is 648 g/mol. The highest BCUT2D eigenvalue weighted by atomic mass is 16.3. The van der Waals surface area contributed by atoms with Gasteiger partial charge in [0.25, 0.3) is 0 Å². The van der Waals surface area contributed by atoms with E-state index in [1.165, 1.54) is 4.57 Å². The lowest BCUT2D eigenvalue weighted by atomic mass is 9.99. The van der Waals surface area contributed by atoms with E-state index in [2.05, 4.69) is 0 Å². The molecule has 0 aliphatic heterocycles. The van der Waals surface area contributed by atoms with Crippen LogP contribution in [0, 0.1) is 0 Å². The molecule has 3 heterocycles. The Morgan fingerprint density at radius 1 is 0.460 bits per heavy atom. The molecular formula is C45H28N4O. The molecule has 7 aromatic carbocycles. The first-order chi connectivity index (χ1) is 28.1. The number of nitrogens with zero attached hydrogens (tertiary/aromatic N) is 4. The van der Waals surface area contributed by atoms with E-state index in [9.17, 15) is 0 Å². The number of fused-ring (bicyclic) bond motifs is 6. The zero-order chi connectivity index (χ0) is 40.0. The lowest BCUT2D eigenvalue weighted by molar-refractivity contribution is 0.666. The first kappa shape index (κ1) is 21.2. The minimum Gasteiger partial charge on any atom is -0.454 e. The average Bonchev–Trinajstić information content (AvgIpc) is 3.83. The third kappa shape index (κ3) is 4.52. The van der Waals surface area contributed by atoms with Gasteiger partial charge in [-0.15, -0.1) is 0 Å². The Labute approximate surface area is 299 Å². The van der Waals surface area contributed by atoms with E-state index in [1.807, 2.05) is 109 Å². The smallest absolute Gasteiger partial charge is 0.164 e. The molecule has 0 aliphatic rings. The fraction of sp³-hybridized carbons (Fsp3) is 0. The van der Waals surface area contributed by atoms with Crippen molar-refractivity contribution in [3.8, 4) is 51.0 Å². The van der Waals surface area contributed by atoms with Crippen molar-refractivity contribution in [3.05, 3.63) is 170 Å². The summed E-state index contributed by atoms with van der Waals surface area (Å²) in [6, 6.07) is 35.2. The largest absolute Gasteiger partial charge is 0.454 e. The van der Waals surface area contributed by atoms with Gasteiger partial charge in [-0.2, -0.15) is 0 Å². The summed E-state index contributed by atoms with van der Waals surface area (Å²) in [4.78, 5) is 14.9. The van der Waals surface area contributed by atoms with E-state index in [-0.39, 0.29) is 33.9 Å². The molecule has 3 aromatic heterocycles. The van der Waals surface area contributed by atoms with Gasteiger partial charge in [-0.25, -0.2) is 15.0 Å². The molecule has 0 radical (unpaired) electrons. The summed E-state index contributed by atoms with van der Waals surface area (Å²) in [5.74, 6) is 1.41. The molecule has 5 nitrogen and oxygen atoms in total. The van der Waals surface area contributed by atoms with Gasteiger partial charge >= 0.3 is 0 Å². The second-order valence-electron chi connectivity index (χ2n) is 11.8. The van der Waals surface area contributed by atoms with Gasteiger partial charge in [-0.05, 0) is 41.4 Å². The van der Waals surface area contributed by atoms with Crippen LogP contribution >= 0.6 is 0 Å². The number of benzene rings is 7. The van der Waals surface area contributed by atoms with Gasteiger partial charge in [0.2, 0.25) is 0 Å². The zero-order valence-corrected chi connectivity index (χ0v) is 26.2. The maximum Gasteiger partial charge on any atom is 0.164 e. The standard InChI is InChI=1S/C45H28N4O/c1-3-14-29(15-4-1)32-18-7-8-21-37(32)45-47-43(30-16-5-2-6-17-30)46-44(48-45)31-26-27-35-36-22-13-25-40(42(36)50-41(35)28-31)49-38-23-11-9-19-33(38)34-20-10-12-24-39(34)49/h1-28H/i9D,10D,11D,12D,19D,20D,23D,24D. The van der Waals surface area contributed by atoms with Crippen molar-refractivity contribution in [1.29, 1.82) is 0 Å². The van der Waals surface area contributed by atoms with E-state index in [1.54, 1.807) is 12.1 Å². The SMILES string of the molecule is [2H]c1c([2H])c([2H])c2c(c1[2H])c1c([2H])c([2H])c([2H])c([2H])c1n2-c1cccc2c1oc1cc(-c3nc(-c4ccccc4)nc(-c4ccccc4-c4ccccc4)n3)ccc12. The summed E-state index contributed by atoms with van der Waals surface area (Å²) < 4.78 is 77.6. The lowest BCUT2D eigenvalue weighted by Gasteiger charge is -2.12. The van der Waals surface area contributed by atoms with Crippen LogP contribution < -0.4 is 0 Å². The van der Waals surface area contributed by atoms with E-state index in [4.69, 9.17) is 30.3 Å². The summed E-state index contributed by atoms with van der Waals surface area (Å²) in [5, 5.41) is 1.43. The summed E-state index contributed by atoms with van der Waals surface area (Å²) in [6.45, 7) is 0. The minimum atomic E-state index is -0.501. The summed E-state index contributed by atoms with van der Waals surface area (Å²) >= 11 is 0. The molecule has 0 fully saturated rings. The normalized spacial score (nSPS) is 13.8. The van der Waals surface area contributed by atoms with Gasteiger partial charge in [0.15, 0.2) is 23.1 Å². The average molecular weight is 649 g/mol. The number of para-hydroxylation sites is 3. The molecule has 0 amide bonds. The molecule has 0 aliphatic carbocycles. The van der Waals surface area contributed by atoms with Crippen LogP contribution in [0.5, 0.6) is 0 Å². The quantitative estimate of drug-likeness (QED) is 0.186. The van der Waals surface area contributed by atoms with Gasteiger partial charge < -0.3 is 8.98 Å². The van der Waals surface area contributed by atoms with E-state index in [0.717, 1.165) is 27.6 Å². The molecule has 0 bridgehead atoms. The Balaban J connectivity index is 1.21. The van der Waals surface area contributed by atoms with Crippen molar-refractivity contribution in [1.82, 2.24) is 19.5 Å². The Bertz CT molecular complexity index is 3250. The first-order valence-electron chi connectivity index (χ1n) is 20.1. The molecule has 0 atom stereocenters. The predicted molar refractivity (Wildman–Crippen MR) is 203 cm³/mol. The number of rotatable bonds is 5. The molecule has 0 unspecified atom stereocenters. The van der Waals surface area contributed by atoms with Crippen LogP contribution in [0.1, 0.15) is 11.0 Å². The van der Waals surface area contributed by atoms with Crippen LogP contribution in [-0.2, 0) is 0 Å². The highest BCUT2D eigenvalue weighted by Gasteiger charge is 2.19. The van der Waals surface area contributed by atoms with Crippen LogP contribution in [0.2, 0.25) is 0 Å². The maximum absolute atomic E-state index is 8.98. The van der Waals surface area contributed by atoms with Gasteiger partial charge in [-0.1, -0.05) is 139 Å². The fourth-order valence-electron chi connectivity index (χ4n) is 6.65. The van der Waals surface area contributed by atoms with Gasteiger partial charge in [0, 0.05) is 38.2 Å². The fourth-order valence-corrected chi connectivity index (χ4v) is 6.65. The van der Waals surface area contributed by atoms with Crippen molar-refractivity contribution < 1.29 is 15.4 Å². The summed E-state index contributed by atoms with van der Waals surface area (Å²) in [6.07, 6.45) is 0. The molecule has 0 saturated heterocycles. The van der Waals surface area contributed by atoms with Crippen molar-refractivity contribution in [2.24, 2.45) is 0 Å². The number of hydrogen-bond acceptors (Lipinski definition) is 4. The number of aromatic nitrogens is 4. The third-order valence-corrected chi connectivity index (χ3v) is 8.93. The Hall–Kier alpha value is -6.85. The second-order valence-corrected chi connectivity index (χ2v) is 11.8. The Morgan fingerprint density at radius 3 is 1.78 bits per heavy atom. The van der Waals surface area contributed by atoms with Crippen LogP contribution in [0.15, 0.2) is 174 Å². The number of furan rings is 1. The number of hydrogen-bond donors (Lipinski definition) is 0. The van der Waals surface area contributed by atoms with Crippen LogP contribution in [-0.4, -0.2) is 19.5 Å². The summed E-state index contributed by atoms with van der Waals surface area (Å²) in [5.41, 5.74) is 5.53. The molecule has 0 N–H and O–H groups in total. The molecule has 0 spiro atoms. The maximum atomic E-state index is 8.98. The molecule has 10 rings (SSSR count). The zero-order valence-electron chi connectivity index (χ0n) is 34.2. The molecule has 234 valence electrons. The summed E-state index contributed by atoms with van der Waals surface area (Å²) in [7, 11) is 0. The minimum absolute atomic E-state index is 0.00269. The third-order valence-electron chi connectivity index (χ3n) is 8.93. The molecule has 0 saturated carbocycles. The van der Waals surface area contributed by atoms with Crippen molar-refractivity contribution in [3.63, 3.8) is 0 Å². The van der Waals surface area contributed by atoms with Gasteiger partial charge in [0.05, 0.1) is 27.7 Å². The topological polar surface area (TPSA) is 56.7 Å². The van der Waals surface area contributed by atoms with Crippen LogP contribution in [0.4, 0.5) is 0 Å². The highest BCUT2D eigenvalue weighted by Crippen LogP contribution is 2.39. The molecule has 5 heteroatoms. The Morgan fingerprint density at radius 2 is 1.06 bits per heavy atom. The molecular weight excluding hydrogens is 613 g/mol. The van der Waals surface area contributed by atoms with E-state index >= 15 is 0 Å². The predicted octanol–water partition coefficient (Wildman–Crippen LogP) is 11.5. The van der Waals surface area contributed by atoms with Crippen LogP contribution in [0.25, 0.3) is 94.7 Å². The lowest BCUT2D eigenvalue weighted by Crippen LogP contribution is -2.01. The second kappa shape index (κ2) is 11.4. The highest BCUT2D eigenvalue weighted by molar-refractivity contribution is 6.13. The van der Waals surface area contributed by atoms with Crippen LogP contribution in [0.3, 0.4) is 0 Å². The van der Waals surface area contributed by atoms with Crippen molar-refractivity contribution >= 4 is 43.7 Å². The van der Waals surface area contributed by atoms with Crippen molar-refractivity contribution in [2.45, 2.75) is 0 Å². The van der Waals surface area contributed by atoms with E-state index < -0.39 is 36.3 Å². The molecule has 50 heavy (non-hydrogen) atoms. The Kier molecular flexibility index (Phi) is 4.83. The molecule has 10 aromatic rings. The van der Waals surface area contributed by atoms with Gasteiger partial charge in [-0.3, -0.25) is 0 Å². The van der Waals surface area contributed by atoms with E-state index in [0.29, 0.717) is 45.3 Å². The first-order valence-corrected chi connectivity index (χ1v) is 16.1. The van der Waals surface area contributed by atoms with Crippen molar-refractivity contribution in [2.75, 3.05) is 0 Å².